The highest BCUT2D eigenvalue weighted by Gasteiger charge is 2.58. The molecule has 0 spiro atoms. The van der Waals surface area contributed by atoms with Crippen molar-refractivity contribution < 1.29 is 76.5 Å². The van der Waals surface area contributed by atoms with Crippen molar-refractivity contribution in [2.24, 2.45) is 0 Å². The Hall–Kier alpha value is -5.56. The van der Waals surface area contributed by atoms with Crippen molar-refractivity contribution in [1.29, 1.82) is 0 Å². The maximum atomic E-state index is 14.0. The maximum absolute atomic E-state index is 14.0. The van der Waals surface area contributed by atoms with Gasteiger partial charge in [-0.2, -0.15) is 0 Å². The predicted molar refractivity (Wildman–Crippen MR) is 200 cm³/mol. The smallest absolute Gasteiger partial charge is 0.303 e. The van der Waals surface area contributed by atoms with Crippen molar-refractivity contribution in [2.75, 3.05) is 13.2 Å². The zero-order chi connectivity index (χ0) is 42.2. The molecule has 2 saturated heterocycles. The number of hydrogen-bond donors (Lipinski definition) is 1. The molecule has 3 aliphatic rings. The second kappa shape index (κ2) is 19.5. The van der Waals surface area contributed by atoms with E-state index in [1.54, 1.807) is 42.5 Å². The standard InChI is InChI=1S/C42H45NO16/c1-23(44)52-22-32-35(54-24(2)45)37(55-25(3)46)38(56-26(4)47)42(58-32)59-34-31(21-51-19-27-13-7-5-8-14-27)57-41(50)33(36(34)53-20-28-15-9-6-10-16-28)43-39(48)29-17-11-12-18-30(29)40(43)49/h5-18,31-38,41-42,50H,19-22H2,1-4H3/t31-,32-,33-,34-,35+,36-,37+,38-,41-,42+/m1/s1. The van der Waals surface area contributed by atoms with Crippen LogP contribution in [0.3, 0.4) is 0 Å². The van der Waals surface area contributed by atoms with Gasteiger partial charge in [0.25, 0.3) is 11.8 Å². The van der Waals surface area contributed by atoms with Gasteiger partial charge in [0.2, 0.25) is 0 Å². The van der Waals surface area contributed by atoms with Crippen LogP contribution in [0.4, 0.5) is 0 Å². The second-order valence-corrected chi connectivity index (χ2v) is 14.0. The number of aliphatic hydroxyl groups is 1. The van der Waals surface area contributed by atoms with Crippen LogP contribution in [-0.2, 0) is 75.0 Å². The summed E-state index contributed by atoms with van der Waals surface area (Å²) >= 11 is 0. The maximum Gasteiger partial charge on any atom is 0.303 e. The topological polar surface area (TPSA) is 209 Å². The number of aliphatic hydroxyl groups excluding tert-OH is 1. The van der Waals surface area contributed by atoms with E-state index in [4.69, 9.17) is 42.6 Å². The first kappa shape index (κ1) is 43.0. The molecule has 3 aromatic carbocycles. The zero-order valence-corrected chi connectivity index (χ0v) is 32.7. The minimum atomic E-state index is -1.85. The lowest BCUT2D eigenvalue weighted by Gasteiger charge is -2.50. The molecule has 17 nitrogen and oxygen atoms in total. The molecule has 0 aliphatic carbocycles. The SMILES string of the molecule is CC(=O)OC[C@H]1O[C@@H](O[C@H]2[C@H](OCc3ccccc3)[C@@H](N3C(=O)c4ccccc4C3=O)[C@H](O)O[C@@H]2COCc2ccccc2)[C@H](OC(C)=O)[C@@H](OC(C)=O)[C@H]1OC(C)=O. The molecule has 2 fully saturated rings. The molecule has 3 aromatic rings. The van der Waals surface area contributed by atoms with E-state index < -0.39 is 104 Å². The van der Waals surface area contributed by atoms with E-state index in [9.17, 15) is 33.9 Å². The Morgan fingerprint density at radius 2 is 1.10 bits per heavy atom. The van der Waals surface area contributed by atoms with Crippen molar-refractivity contribution in [1.82, 2.24) is 4.90 Å². The fraction of sp³-hybridized carbons (Fsp3) is 0.429. The Morgan fingerprint density at radius 3 is 1.66 bits per heavy atom. The lowest BCUT2D eigenvalue weighted by Crippen LogP contribution is -2.69. The highest BCUT2D eigenvalue weighted by molar-refractivity contribution is 6.21. The van der Waals surface area contributed by atoms with Crippen LogP contribution in [0, 0.1) is 0 Å². The van der Waals surface area contributed by atoms with Crippen LogP contribution in [0.15, 0.2) is 84.9 Å². The Labute approximate surface area is 339 Å². The van der Waals surface area contributed by atoms with Gasteiger partial charge in [-0.15, -0.1) is 0 Å². The number of ether oxygens (including phenoxy) is 9. The van der Waals surface area contributed by atoms with Crippen LogP contribution in [0.2, 0.25) is 0 Å². The van der Waals surface area contributed by atoms with E-state index in [2.05, 4.69) is 0 Å². The van der Waals surface area contributed by atoms with Gasteiger partial charge < -0.3 is 47.7 Å². The van der Waals surface area contributed by atoms with Crippen molar-refractivity contribution >= 4 is 35.7 Å². The number of esters is 4. The normalized spacial score (nSPS) is 27.7. The summed E-state index contributed by atoms with van der Waals surface area (Å²) in [7, 11) is 0. The van der Waals surface area contributed by atoms with E-state index in [1.807, 2.05) is 30.3 Å². The van der Waals surface area contributed by atoms with E-state index in [1.165, 1.54) is 12.1 Å². The summed E-state index contributed by atoms with van der Waals surface area (Å²) in [6, 6.07) is 22.7. The lowest BCUT2D eigenvalue weighted by atomic mass is 9.94. The number of imide groups is 1. The van der Waals surface area contributed by atoms with Crippen molar-refractivity contribution in [3.8, 4) is 0 Å². The Bertz CT molecular complexity index is 1940. The minimum Gasteiger partial charge on any atom is -0.463 e. The molecule has 0 unspecified atom stereocenters. The van der Waals surface area contributed by atoms with Gasteiger partial charge in [-0.05, 0) is 23.3 Å². The minimum absolute atomic E-state index is 0.0943. The van der Waals surface area contributed by atoms with Crippen molar-refractivity contribution in [3.05, 3.63) is 107 Å². The van der Waals surface area contributed by atoms with Gasteiger partial charge in [-0.3, -0.25) is 33.7 Å². The lowest BCUT2D eigenvalue weighted by molar-refractivity contribution is -0.353. The van der Waals surface area contributed by atoms with Crippen LogP contribution in [-0.4, -0.2) is 120 Å². The van der Waals surface area contributed by atoms with Gasteiger partial charge in [0.1, 0.15) is 37.1 Å². The van der Waals surface area contributed by atoms with Crippen molar-refractivity contribution in [3.63, 3.8) is 0 Å². The second-order valence-electron chi connectivity index (χ2n) is 14.0. The van der Waals surface area contributed by atoms with E-state index >= 15 is 0 Å². The molecule has 1 N–H and O–H groups in total. The Kier molecular flexibility index (Phi) is 14.2. The third kappa shape index (κ3) is 10.4. The molecular formula is C42H45NO16. The molecular weight excluding hydrogens is 774 g/mol. The fourth-order valence-corrected chi connectivity index (χ4v) is 7.24. The average molecular weight is 820 g/mol. The zero-order valence-electron chi connectivity index (χ0n) is 32.7. The Balaban J connectivity index is 1.44. The van der Waals surface area contributed by atoms with Crippen LogP contribution in [0.1, 0.15) is 59.5 Å². The monoisotopic (exact) mass is 819 g/mol. The highest BCUT2D eigenvalue weighted by Crippen LogP contribution is 2.38. The number of hydrogen-bond acceptors (Lipinski definition) is 16. The summed E-state index contributed by atoms with van der Waals surface area (Å²) in [4.78, 5) is 78.4. The first-order valence-corrected chi connectivity index (χ1v) is 18.9. The van der Waals surface area contributed by atoms with Crippen molar-refractivity contribution in [2.45, 2.75) is 102 Å². The molecule has 0 aromatic heterocycles. The van der Waals surface area contributed by atoms with E-state index in [-0.39, 0.29) is 30.9 Å². The molecule has 0 radical (unpaired) electrons. The molecule has 0 saturated carbocycles. The number of benzene rings is 3. The number of rotatable bonds is 15. The van der Waals surface area contributed by atoms with Gasteiger partial charge >= 0.3 is 23.9 Å². The van der Waals surface area contributed by atoms with Gasteiger partial charge in [0, 0.05) is 27.7 Å². The molecule has 6 rings (SSSR count). The number of amides is 2. The van der Waals surface area contributed by atoms with Gasteiger partial charge in [0.05, 0.1) is 30.9 Å². The number of fused-ring (bicyclic) bond motifs is 1. The average Bonchev–Trinajstić information content (AvgIpc) is 3.45. The quantitative estimate of drug-likeness (QED) is 0.133. The molecule has 0 bridgehead atoms. The van der Waals surface area contributed by atoms with Crippen LogP contribution in [0.25, 0.3) is 0 Å². The molecule has 3 aliphatic heterocycles. The Morgan fingerprint density at radius 1 is 0.593 bits per heavy atom. The number of carbonyl (C=O) groups excluding carboxylic acids is 6. The van der Waals surface area contributed by atoms with Crippen LogP contribution >= 0.6 is 0 Å². The molecule has 10 atom stereocenters. The van der Waals surface area contributed by atoms with Crippen LogP contribution < -0.4 is 0 Å². The summed E-state index contributed by atoms with van der Waals surface area (Å²) < 4.78 is 53.8. The van der Waals surface area contributed by atoms with Gasteiger partial charge in [0.15, 0.2) is 30.9 Å². The van der Waals surface area contributed by atoms with Crippen LogP contribution in [0.5, 0.6) is 0 Å². The summed E-state index contributed by atoms with van der Waals surface area (Å²) in [5.74, 6) is -4.73. The summed E-state index contributed by atoms with van der Waals surface area (Å²) in [5, 5.41) is 11.8. The molecule has 3 heterocycles. The third-order valence-electron chi connectivity index (χ3n) is 9.68. The summed E-state index contributed by atoms with van der Waals surface area (Å²) in [5.41, 5.74) is 1.67. The highest BCUT2D eigenvalue weighted by atomic mass is 16.8. The van der Waals surface area contributed by atoms with Gasteiger partial charge in [-0.1, -0.05) is 72.8 Å². The predicted octanol–water partition coefficient (Wildman–Crippen LogP) is 2.64. The first-order valence-electron chi connectivity index (χ1n) is 18.9. The van der Waals surface area contributed by atoms with E-state index in [0.717, 1.165) is 38.2 Å². The first-order chi connectivity index (χ1) is 28.3. The van der Waals surface area contributed by atoms with Gasteiger partial charge in [-0.25, -0.2) is 0 Å². The fourth-order valence-electron chi connectivity index (χ4n) is 7.24. The largest absolute Gasteiger partial charge is 0.463 e. The third-order valence-corrected chi connectivity index (χ3v) is 9.68. The number of nitrogens with zero attached hydrogens (tertiary/aromatic N) is 1. The van der Waals surface area contributed by atoms with E-state index in [0.29, 0.717) is 5.56 Å². The molecule has 59 heavy (non-hydrogen) atoms. The molecule has 314 valence electrons. The summed E-state index contributed by atoms with van der Waals surface area (Å²) in [6.07, 6.45) is -13.8. The number of carbonyl (C=O) groups is 6. The molecule has 17 heteroatoms. The molecule has 2 amide bonds. The summed E-state index contributed by atoms with van der Waals surface area (Å²) in [6.45, 7) is 3.58.